The fourth-order valence-corrected chi connectivity index (χ4v) is 4.97. The van der Waals surface area contributed by atoms with Crippen LogP contribution in [0, 0.1) is 5.92 Å². The van der Waals surface area contributed by atoms with Crippen molar-refractivity contribution in [1.82, 2.24) is 0 Å². The molecule has 3 nitrogen and oxygen atoms in total. The summed E-state index contributed by atoms with van der Waals surface area (Å²) in [5, 5.41) is 0. The quantitative estimate of drug-likeness (QED) is 0.368. The van der Waals surface area contributed by atoms with E-state index in [0.717, 1.165) is 50.6 Å². The van der Waals surface area contributed by atoms with Gasteiger partial charge >= 0.3 is 0 Å². The lowest BCUT2D eigenvalue weighted by Crippen LogP contribution is -2.48. The summed E-state index contributed by atoms with van der Waals surface area (Å²) < 4.78 is 0. The minimum atomic E-state index is 0.0286. The number of para-hydroxylation sites is 1. The van der Waals surface area contributed by atoms with Crippen LogP contribution in [-0.4, -0.2) is 11.7 Å². The van der Waals surface area contributed by atoms with Gasteiger partial charge in [-0.2, -0.15) is 0 Å². The number of carbonyl (C=O) groups is 2. The summed E-state index contributed by atoms with van der Waals surface area (Å²) in [6.07, 6.45) is 13.3. The fourth-order valence-electron chi connectivity index (χ4n) is 4.97. The highest BCUT2D eigenvalue weighted by Gasteiger charge is 2.50. The number of Topliss-reactive ketones (excluding diaryl/α,β-unsaturated/α-hetero) is 1. The second-order valence-corrected chi connectivity index (χ2v) is 9.98. The third-order valence-electron chi connectivity index (χ3n) is 6.87. The highest BCUT2D eigenvalue weighted by atomic mass is 16.2. The molecule has 1 heterocycles. The Kier molecular flexibility index (Phi) is 15.2. The largest absolute Gasteiger partial charge is 0.307 e. The van der Waals surface area contributed by atoms with Crippen molar-refractivity contribution in [2.24, 2.45) is 5.92 Å². The van der Waals surface area contributed by atoms with Crippen LogP contribution in [0.1, 0.15) is 97.6 Å². The van der Waals surface area contributed by atoms with Gasteiger partial charge in [0.2, 0.25) is 5.91 Å². The zero-order valence-corrected chi connectivity index (χ0v) is 24.1. The lowest BCUT2D eigenvalue weighted by Gasteiger charge is -2.43. The summed E-state index contributed by atoms with van der Waals surface area (Å²) in [7, 11) is 0. The van der Waals surface area contributed by atoms with Gasteiger partial charge in [-0.3, -0.25) is 4.79 Å². The molecule has 202 valence electrons. The molecule has 1 aliphatic heterocycles. The minimum Gasteiger partial charge on any atom is -0.307 e. The topological polar surface area (TPSA) is 37.4 Å². The Hall–Kier alpha value is -2.94. The number of rotatable bonds is 6. The number of ketones is 1. The molecule has 1 amide bonds. The van der Waals surface area contributed by atoms with Gasteiger partial charge in [0.1, 0.15) is 5.78 Å². The van der Waals surface area contributed by atoms with Crippen molar-refractivity contribution < 1.29 is 9.59 Å². The van der Waals surface area contributed by atoms with Crippen LogP contribution in [0.2, 0.25) is 0 Å². The lowest BCUT2D eigenvalue weighted by atomic mass is 9.70. The van der Waals surface area contributed by atoms with Crippen LogP contribution in [0.3, 0.4) is 0 Å². The Morgan fingerprint density at radius 1 is 1.08 bits per heavy atom. The highest BCUT2D eigenvalue weighted by molar-refractivity contribution is 5.99. The average molecular weight is 504 g/mol. The van der Waals surface area contributed by atoms with Gasteiger partial charge in [-0.1, -0.05) is 100 Å². The molecule has 3 heteroatoms. The Morgan fingerprint density at radius 2 is 1.70 bits per heavy atom. The summed E-state index contributed by atoms with van der Waals surface area (Å²) in [5.41, 5.74) is 3.68. The fraction of sp³-hybridized carbons (Fsp3) is 0.471. The van der Waals surface area contributed by atoms with E-state index < -0.39 is 0 Å². The van der Waals surface area contributed by atoms with Crippen LogP contribution in [0.15, 0.2) is 79.4 Å². The summed E-state index contributed by atoms with van der Waals surface area (Å²) in [5.74, 6) is 0.760. The van der Waals surface area contributed by atoms with Crippen molar-refractivity contribution in [3.05, 3.63) is 90.5 Å². The molecule has 4 rings (SSSR count). The van der Waals surface area contributed by atoms with Gasteiger partial charge < -0.3 is 9.69 Å². The zero-order valence-electron chi connectivity index (χ0n) is 24.1. The van der Waals surface area contributed by atoms with Gasteiger partial charge in [-0.05, 0) is 63.6 Å². The molecule has 2 atom stereocenters. The lowest BCUT2D eigenvalue weighted by molar-refractivity contribution is -0.124. The first-order chi connectivity index (χ1) is 17.8. The van der Waals surface area contributed by atoms with Crippen LogP contribution in [0.25, 0.3) is 0 Å². The molecule has 2 aromatic rings. The first kappa shape index (κ1) is 32.1. The van der Waals surface area contributed by atoms with E-state index in [9.17, 15) is 9.59 Å². The van der Waals surface area contributed by atoms with E-state index >= 15 is 0 Å². The van der Waals surface area contributed by atoms with Gasteiger partial charge in [-0.25, -0.2) is 0 Å². The zero-order chi connectivity index (χ0) is 27.7. The number of hydrogen-bond acceptors (Lipinski definition) is 2. The van der Waals surface area contributed by atoms with Crippen LogP contribution in [-0.2, 0) is 21.5 Å². The highest BCUT2D eigenvalue weighted by Crippen LogP contribution is 2.52. The monoisotopic (exact) mass is 503 g/mol. The molecule has 37 heavy (non-hydrogen) atoms. The molecule has 0 spiro atoms. The summed E-state index contributed by atoms with van der Waals surface area (Å²) in [4.78, 5) is 25.3. The summed E-state index contributed by atoms with van der Waals surface area (Å²) in [6, 6.07) is 18.8. The van der Waals surface area contributed by atoms with Crippen molar-refractivity contribution in [3.63, 3.8) is 0 Å². The van der Waals surface area contributed by atoms with Crippen LogP contribution in [0.4, 0.5) is 5.69 Å². The molecule has 2 aromatic carbocycles. The molecule has 1 fully saturated rings. The first-order valence-corrected chi connectivity index (χ1v) is 13.9. The Balaban J connectivity index is 0.000000379. The Labute approximate surface area is 226 Å². The van der Waals surface area contributed by atoms with E-state index in [-0.39, 0.29) is 11.3 Å². The second-order valence-electron chi connectivity index (χ2n) is 9.98. The van der Waals surface area contributed by atoms with Crippen molar-refractivity contribution >= 4 is 17.4 Å². The van der Waals surface area contributed by atoms with Crippen molar-refractivity contribution in [2.75, 3.05) is 4.90 Å². The predicted octanol–water partition coefficient (Wildman–Crippen LogP) is 9.22. The Bertz CT molecular complexity index is 978. The maximum Gasteiger partial charge on any atom is 0.231 e. The maximum atomic E-state index is 13.1. The molecule has 1 aliphatic carbocycles. The third-order valence-corrected chi connectivity index (χ3v) is 6.87. The standard InChI is InChI=1S/C20H21NO.C6H12O.C5H10.C3H6/c1-20-13-7-11-17(20)19(22)21(14-15-8-3-2-4-9-15)18-12-6-5-10-16(18)20;1-3-4-5-6(2)7;1-3-5-4-2;1-3-2/h2-6,8-10,12,17H,7,11,13-14H2,1H3;3-5H2,1-2H3;3,5H,4H2,1-2H3;3H,1H2,2H3/b;;5-3-;. The number of hydrogen-bond donors (Lipinski definition) is 0. The summed E-state index contributed by atoms with van der Waals surface area (Å²) >= 11 is 0. The molecule has 2 aliphatic rings. The molecule has 0 radical (unpaired) electrons. The molecule has 0 N–H and O–H groups in total. The van der Waals surface area contributed by atoms with Gasteiger partial charge in [0.25, 0.3) is 0 Å². The van der Waals surface area contributed by atoms with E-state index in [1.807, 2.05) is 43.0 Å². The molecular formula is C34H49NO2. The molecule has 2 unspecified atom stereocenters. The van der Waals surface area contributed by atoms with E-state index in [4.69, 9.17) is 0 Å². The minimum absolute atomic E-state index is 0.0286. The Morgan fingerprint density at radius 3 is 2.22 bits per heavy atom. The molecule has 0 aromatic heterocycles. The second kappa shape index (κ2) is 17.5. The molecule has 0 bridgehead atoms. The van der Waals surface area contributed by atoms with Crippen molar-refractivity contribution in [1.29, 1.82) is 0 Å². The van der Waals surface area contributed by atoms with E-state index in [2.05, 4.69) is 69.8 Å². The number of anilines is 1. The van der Waals surface area contributed by atoms with Crippen LogP contribution >= 0.6 is 0 Å². The molecular weight excluding hydrogens is 454 g/mol. The number of nitrogens with zero attached hydrogens (tertiary/aromatic N) is 1. The smallest absolute Gasteiger partial charge is 0.231 e. The molecule has 0 saturated heterocycles. The number of fused-ring (bicyclic) bond motifs is 3. The van der Waals surface area contributed by atoms with Gasteiger partial charge in [-0.15, -0.1) is 6.58 Å². The van der Waals surface area contributed by atoms with Crippen molar-refractivity contribution in [3.8, 4) is 0 Å². The number of benzene rings is 2. The number of allylic oxidation sites excluding steroid dienone is 3. The number of amides is 1. The van der Waals surface area contributed by atoms with E-state index in [0.29, 0.717) is 18.2 Å². The van der Waals surface area contributed by atoms with Crippen LogP contribution in [0.5, 0.6) is 0 Å². The predicted molar refractivity (Wildman–Crippen MR) is 160 cm³/mol. The van der Waals surface area contributed by atoms with E-state index in [1.54, 1.807) is 13.0 Å². The van der Waals surface area contributed by atoms with Crippen molar-refractivity contribution in [2.45, 2.75) is 98.4 Å². The summed E-state index contributed by atoms with van der Waals surface area (Å²) in [6.45, 7) is 16.1. The first-order valence-electron chi connectivity index (χ1n) is 13.9. The number of carbonyl (C=O) groups excluding carboxylic acids is 2. The number of unbranched alkanes of at least 4 members (excludes halogenated alkanes) is 1. The third kappa shape index (κ3) is 9.80. The SMILES string of the molecule is C/C=C\CC.C=CC.CC12CCCC1C(=O)N(Cc1ccccc1)c1ccccc12.CCCCC(C)=O. The van der Waals surface area contributed by atoms with Gasteiger partial charge in [0, 0.05) is 23.4 Å². The molecule has 1 saturated carbocycles. The van der Waals surface area contributed by atoms with E-state index in [1.165, 1.54) is 11.1 Å². The maximum absolute atomic E-state index is 13.1. The average Bonchev–Trinajstić information content (AvgIpc) is 3.31. The van der Waals surface area contributed by atoms with Gasteiger partial charge in [0.05, 0.1) is 6.54 Å². The van der Waals surface area contributed by atoms with Gasteiger partial charge in [0.15, 0.2) is 0 Å². The normalized spacial score (nSPS) is 19.2. The van der Waals surface area contributed by atoms with Crippen LogP contribution < -0.4 is 4.90 Å².